The van der Waals surface area contributed by atoms with E-state index < -0.39 is 5.97 Å². The predicted molar refractivity (Wildman–Crippen MR) is 105 cm³/mol. The Morgan fingerprint density at radius 3 is 2.61 bits per heavy atom. The molecule has 6 heteroatoms. The number of amides is 1. The first kappa shape index (κ1) is 19.6. The number of nitrogens with zero attached hydrogens (tertiary/aromatic N) is 1. The smallest absolute Gasteiger partial charge is 0.325 e. The van der Waals surface area contributed by atoms with Gasteiger partial charge in [0.15, 0.2) is 0 Å². The molecule has 0 saturated carbocycles. The Morgan fingerprint density at radius 1 is 1.18 bits per heavy atom. The second-order valence-corrected chi connectivity index (χ2v) is 6.61. The van der Waals surface area contributed by atoms with E-state index in [1.54, 1.807) is 17.2 Å². The van der Waals surface area contributed by atoms with Gasteiger partial charge in [-0.3, -0.25) is 9.59 Å². The summed E-state index contributed by atoms with van der Waals surface area (Å²) in [6, 6.07) is 13.8. The van der Waals surface area contributed by atoms with Crippen molar-refractivity contribution in [2.24, 2.45) is 0 Å². The van der Waals surface area contributed by atoms with Gasteiger partial charge >= 0.3 is 5.97 Å². The van der Waals surface area contributed by atoms with E-state index in [1.807, 2.05) is 37.3 Å². The zero-order valence-corrected chi connectivity index (χ0v) is 15.9. The fourth-order valence-corrected chi connectivity index (χ4v) is 3.46. The summed E-state index contributed by atoms with van der Waals surface area (Å²) in [6.45, 7) is 1.85. The van der Waals surface area contributed by atoms with Gasteiger partial charge in [0.05, 0.1) is 19.6 Å². The highest BCUT2D eigenvalue weighted by molar-refractivity contribution is 5.90. The molecule has 1 unspecified atom stereocenters. The maximum Gasteiger partial charge on any atom is 0.325 e. The van der Waals surface area contributed by atoms with Crippen molar-refractivity contribution in [2.75, 3.05) is 13.7 Å². The number of aromatic nitrogens is 1. The van der Waals surface area contributed by atoms with E-state index in [9.17, 15) is 14.0 Å². The number of carbonyl (C=O) groups excluding carboxylic acids is 2. The van der Waals surface area contributed by atoms with Gasteiger partial charge in [-0.15, -0.1) is 0 Å². The van der Waals surface area contributed by atoms with E-state index in [4.69, 9.17) is 4.74 Å². The fourth-order valence-electron chi connectivity index (χ4n) is 3.46. The molecule has 28 heavy (non-hydrogen) atoms. The Hall–Kier alpha value is -3.15. The number of aromatic amines is 1. The Morgan fingerprint density at radius 2 is 1.93 bits per heavy atom. The lowest BCUT2D eigenvalue weighted by atomic mass is 10.0. The molecule has 0 aliphatic heterocycles. The van der Waals surface area contributed by atoms with Gasteiger partial charge in [-0.1, -0.05) is 37.3 Å². The van der Waals surface area contributed by atoms with Gasteiger partial charge in [-0.25, -0.2) is 4.39 Å². The Kier molecular flexibility index (Phi) is 6.09. The minimum atomic E-state index is -0.469. The maximum atomic E-state index is 13.4. The first-order chi connectivity index (χ1) is 13.5. The molecule has 2 aromatic carbocycles. The highest BCUT2D eigenvalue weighted by Gasteiger charge is 2.27. The van der Waals surface area contributed by atoms with Crippen LogP contribution in [0.1, 0.15) is 30.5 Å². The SMILES string of the molecule is CCC(c1ccccc1)N(CC(=O)OC)C(=O)Cc1c[nH]c2cc(F)ccc12. The van der Waals surface area contributed by atoms with E-state index >= 15 is 0 Å². The van der Waals surface area contributed by atoms with Gasteiger partial charge in [0.25, 0.3) is 0 Å². The van der Waals surface area contributed by atoms with Crippen molar-refractivity contribution in [1.29, 1.82) is 0 Å². The Bertz CT molecular complexity index is 968. The first-order valence-electron chi connectivity index (χ1n) is 9.20. The highest BCUT2D eigenvalue weighted by Crippen LogP contribution is 2.26. The third kappa shape index (κ3) is 4.22. The number of methoxy groups -OCH3 is 1. The van der Waals surface area contributed by atoms with E-state index in [-0.39, 0.29) is 30.7 Å². The molecule has 5 nitrogen and oxygen atoms in total. The average molecular weight is 382 g/mol. The van der Waals surface area contributed by atoms with Crippen LogP contribution in [-0.2, 0) is 20.7 Å². The Labute approximate surface area is 163 Å². The molecular formula is C22H23FN2O3. The van der Waals surface area contributed by atoms with E-state index in [0.29, 0.717) is 11.9 Å². The fraction of sp³-hybridized carbons (Fsp3) is 0.273. The van der Waals surface area contributed by atoms with E-state index in [1.165, 1.54) is 19.2 Å². The van der Waals surface area contributed by atoms with Crippen LogP contribution in [0.2, 0.25) is 0 Å². The molecule has 1 aromatic heterocycles. The molecule has 0 aliphatic rings. The molecule has 3 rings (SSSR count). The zero-order chi connectivity index (χ0) is 20.1. The molecule has 0 spiro atoms. The number of ether oxygens (including phenoxy) is 1. The van der Waals surface area contributed by atoms with Crippen LogP contribution in [0.4, 0.5) is 4.39 Å². The van der Waals surface area contributed by atoms with Gasteiger partial charge in [0, 0.05) is 17.1 Å². The van der Waals surface area contributed by atoms with Crippen LogP contribution < -0.4 is 0 Å². The summed E-state index contributed by atoms with van der Waals surface area (Å²) in [5.41, 5.74) is 2.36. The second kappa shape index (κ2) is 8.69. The van der Waals surface area contributed by atoms with Crippen LogP contribution in [0.25, 0.3) is 10.9 Å². The number of nitrogens with one attached hydrogen (secondary N) is 1. The summed E-state index contributed by atoms with van der Waals surface area (Å²) in [5.74, 6) is -0.996. The number of benzene rings is 2. The number of rotatable bonds is 7. The molecule has 3 aromatic rings. The van der Waals surface area contributed by atoms with Crippen molar-refractivity contribution in [3.63, 3.8) is 0 Å². The summed E-state index contributed by atoms with van der Waals surface area (Å²) < 4.78 is 18.2. The summed E-state index contributed by atoms with van der Waals surface area (Å²) in [6.07, 6.45) is 2.47. The number of carbonyl (C=O) groups is 2. The first-order valence-corrected chi connectivity index (χ1v) is 9.20. The standard InChI is InChI=1S/C22H23FN2O3/c1-3-20(15-7-5-4-6-8-15)25(14-22(27)28-2)21(26)11-16-13-24-19-12-17(23)9-10-18(16)19/h4-10,12-13,20,24H,3,11,14H2,1-2H3. The van der Waals surface area contributed by atoms with Crippen LogP contribution in [0.3, 0.4) is 0 Å². The van der Waals surface area contributed by atoms with E-state index in [0.717, 1.165) is 16.5 Å². The topological polar surface area (TPSA) is 62.4 Å². The minimum Gasteiger partial charge on any atom is -0.468 e. The summed E-state index contributed by atoms with van der Waals surface area (Å²) in [4.78, 5) is 29.7. The lowest BCUT2D eigenvalue weighted by Crippen LogP contribution is -2.40. The summed E-state index contributed by atoms with van der Waals surface area (Å²) in [5, 5.41) is 0.792. The molecule has 0 fully saturated rings. The van der Waals surface area contributed by atoms with Crippen molar-refractivity contribution < 1.29 is 18.7 Å². The number of fused-ring (bicyclic) bond motifs is 1. The van der Waals surface area contributed by atoms with Crippen LogP contribution in [0.5, 0.6) is 0 Å². The zero-order valence-electron chi connectivity index (χ0n) is 15.9. The lowest BCUT2D eigenvalue weighted by molar-refractivity contribution is -0.148. The van der Waals surface area contributed by atoms with Crippen LogP contribution in [0.15, 0.2) is 54.7 Å². The molecule has 0 radical (unpaired) electrons. The normalized spacial score (nSPS) is 12.0. The molecule has 0 saturated heterocycles. The number of hydrogen-bond donors (Lipinski definition) is 1. The lowest BCUT2D eigenvalue weighted by Gasteiger charge is -2.31. The monoisotopic (exact) mass is 382 g/mol. The van der Waals surface area contributed by atoms with Crippen molar-refractivity contribution >= 4 is 22.8 Å². The average Bonchev–Trinajstić information content (AvgIpc) is 3.10. The van der Waals surface area contributed by atoms with Crippen LogP contribution >= 0.6 is 0 Å². The second-order valence-electron chi connectivity index (χ2n) is 6.61. The number of esters is 1. The molecule has 146 valence electrons. The molecule has 1 amide bonds. The Balaban J connectivity index is 1.90. The van der Waals surface area contributed by atoms with Gasteiger partial charge in [0.2, 0.25) is 5.91 Å². The number of H-pyrrole nitrogens is 1. The van der Waals surface area contributed by atoms with Gasteiger partial charge in [-0.2, -0.15) is 0 Å². The molecule has 0 aliphatic carbocycles. The van der Waals surface area contributed by atoms with Gasteiger partial charge in [-0.05, 0) is 35.7 Å². The third-order valence-electron chi connectivity index (χ3n) is 4.87. The van der Waals surface area contributed by atoms with Crippen molar-refractivity contribution in [3.8, 4) is 0 Å². The molecule has 0 bridgehead atoms. The molecule has 1 heterocycles. The van der Waals surface area contributed by atoms with E-state index in [2.05, 4.69) is 4.98 Å². The summed E-state index contributed by atoms with van der Waals surface area (Å²) in [7, 11) is 1.31. The quantitative estimate of drug-likeness (QED) is 0.628. The largest absolute Gasteiger partial charge is 0.468 e. The van der Waals surface area contributed by atoms with Crippen molar-refractivity contribution in [2.45, 2.75) is 25.8 Å². The van der Waals surface area contributed by atoms with Gasteiger partial charge in [0.1, 0.15) is 12.4 Å². The summed E-state index contributed by atoms with van der Waals surface area (Å²) >= 11 is 0. The molecule has 1 atom stereocenters. The number of hydrogen-bond acceptors (Lipinski definition) is 3. The minimum absolute atomic E-state index is 0.103. The van der Waals surface area contributed by atoms with Crippen molar-refractivity contribution in [3.05, 3.63) is 71.7 Å². The predicted octanol–water partition coefficient (Wildman–Crippen LogP) is 4.00. The van der Waals surface area contributed by atoms with Crippen molar-refractivity contribution in [1.82, 2.24) is 9.88 Å². The third-order valence-corrected chi connectivity index (χ3v) is 4.87. The van der Waals surface area contributed by atoms with Crippen LogP contribution in [-0.4, -0.2) is 35.4 Å². The molecular weight excluding hydrogens is 359 g/mol. The highest BCUT2D eigenvalue weighted by atomic mass is 19.1. The molecule has 1 N–H and O–H groups in total. The van der Waals surface area contributed by atoms with Crippen LogP contribution in [0, 0.1) is 5.82 Å². The number of halogens is 1. The maximum absolute atomic E-state index is 13.4. The van der Waals surface area contributed by atoms with Gasteiger partial charge < -0.3 is 14.6 Å².